The van der Waals surface area contributed by atoms with Crippen LogP contribution in [-0.4, -0.2) is 45.8 Å². The molecule has 0 aliphatic carbocycles. The molecule has 8 nitrogen and oxygen atoms in total. The summed E-state index contributed by atoms with van der Waals surface area (Å²) in [5.74, 6) is -4.34. The number of aliphatic carboxylic acids is 1. The molecule has 0 aromatic heterocycles. The van der Waals surface area contributed by atoms with Crippen molar-refractivity contribution in [1.82, 2.24) is 10.2 Å². The Bertz CT molecular complexity index is 1450. The van der Waals surface area contributed by atoms with Gasteiger partial charge in [0, 0.05) is 25.1 Å². The summed E-state index contributed by atoms with van der Waals surface area (Å²) in [6, 6.07) is 14.3. The van der Waals surface area contributed by atoms with Crippen LogP contribution in [0.15, 0.2) is 72.8 Å². The van der Waals surface area contributed by atoms with E-state index < -0.39 is 53.0 Å². The molecule has 1 aliphatic rings. The molecule has 3 N–H and O–H groups in total. The maximum atomic E-state index is 13.3. The second-order valence-corrected chi connectivity index (χ2v) is 9.50. The number of rotatable bonds is 9. The van der Waals surface area contributed by atoms with Crippen molar-refractivity contribution in [2.24, 2.45) is 0 Å². The molecule has 214 valence electrons. The number of anilines is 1. The lowest BCUT2D eigenvalue weighted by Crippen LogP contribution is -2.50. The van der Waals surface area contributed by atoms with Gasteiger partial charge in [-0.1, -0.05) is 42.5 Å². The van der Waals surface area contributed by atoms with Gasteiger partial charge < -0.3 is 20.6 Å². The van der Waals surface area contributed by atoms with Crippen molar-refractivity contribution in [1.29, 1.82) is 0 Å². The largest absolute Gasteiger partial charge is 0.480 e. The van der Waals surface area contributed by atoms with Gasteiger partial charge in [-0.25, -0.2) is 9.18 Å². The van der Waals surface area contributed by atoms with Crippen LogP contribution in [0.1, 0.15) is 39.9 Å². The molecule has 0 bridgehead atoms. The summed E-state index contributed by atoms with van der Waals surface area (Å²) in [6.07, 6.45) is -4.66. The van der Waals surface area contributed by atoms with Gasteiger partial charge in [-0.2, -0.15) is 13.2 Å². The van der Waals surface area contributed by atoms with Crippen LogP contribution in [0.4, 0.5) is 23.2 Å². The minimum atomic E-state index is -4.95. The molecule has 2 atom stereocenters. The highest BCUT2D eigenvalue weighted by Crippen LogP contribution is 2.33. The number of alkyl halides is 3. The van der Waals surface area contributed by atoms with Crippen molar-refractivity contribution < 1.29 is 41.8 Å². The topological polar surface area (TPSA) is 116 Å². The first-order valence-corrected chi connectivity index (χ1v) is 12.6. The first-order valence-electron chi connectivity index (χ1n) is 12.6. The number of carbonyl (C=O) groups is 4. The fraction of sp³-hybridized carbons (Fsp3) is 0.241. The molecular weight excluding hydrogens is 546 g/mol. The molecule has 1 fully saturated rings. The molecule has 3 amide bonds. The maximum Gasteiger partial charge on any atom is 0.417 e. The van der Waals surface area contributed by atoms with Gasteiger partial charge in [-0.05, 0) is 47.9 Å². The molecule has 0 spiro atoms. The van der Waals surface area contributed by atoms with Crippen molar-refractivity contribution in [2.45, 2.75) is 44.1 Å². The zero-order chi connectivity index (χ0) is 29.7. The highest BCUT2D eigenvalue weighted by molar-refractivity contribution is 6.05. The first kappa shape index (κ1) is 29.2. The van der Waals surface area contributed by atoms with Gasteiger partial charge in [-0.15, -0.1) is 0 Å². The summed E-state index contributed by atoms with van der Waals surface area (Å²) in [7, 11) is 0. The molecule has 0 saturated carbocycles. The van der Waals surface area contributed by atoms with E-state index in [1.807, 2.05) is 30.3 Å². The molecule has 3 aromatic carbocycles. The summed E-state index contributed by atoms with van der Waals surface area (Å²) >= 11 is 0. The van der Waals surface area contributed by atoms with Crippen molar-refractivity contribution in [3.63, 3.8) is 0 Å². The predicted octanol–water partition coefficient (Wildman–Crippen LogP) is 4.40. The van der Waals surface area contributed by atoms with E-state index in [4.69, 9.17) is 0 Å². The van der Waals surface area contributed by atoms with Crippen LogP contribution in [0.3, 0.4) is 0 Å². The average molecular weight is 572 g/mol. The van der Waals surface area contributed by atoms with Crippen molar-refractivity contribution in [3.8, 4) is 0 Å². The second kappa shape index (κ2) is 12.2. The minimum Gasteiger partial charge on any atom is -0.480 e. The highest BCUT2D eigenvalue weighted by atomic mass is 19.4. The zero-order valence-corrected chi connectivity index (χ0v) is 21.5. The number of hydrogen-bond donors (Lipinski definition) is 3. The molecule has 0 unspecified atom stereocenters. The molecule has 1 aliphatic heterocycles. The summed E-state index contributed by atoms with van der Waals surface area (Å²) in [5, 5.41) is 14.5. The number of amides is 3. The number of benzene rings is 3. The third-order valence-electron chi connectivity index (χ3n) is 6.62. The van der Waals surface area contributed by atoms with Gasteiger partial charge in [0.15, 0.2) is 0 Å². The average Bonchev–Trinajstić information content (AvgIpc) is 3.29. The Morgan fingerprint density at radius 2 is 1.66 bits per heavy atom. The number of likely N-dealkylation sites (tertiary alicyclic amines) is 1. The monoisotopic (exact) mass is 571 g/mol. The van der Waals surface area contributed by atoms with E-state index in [1.165, 1.54) is 29.2 Å². The van der Waals surface area contributed by atoms with E-state index in [9.17, 15) is 41.8 Å². The van der Waals surface area contributed by atoms with Gasteiger partial charge in [0.1, 0.15) is 17.9 Å². The van der Waals surface area contributed by atoms with Crippen LogP contribution in [0.25, 0.3) is 0 Å². The minimum absolute atomic E-state index is 0.119. The molecule has 4 rings (SSSR count). The number of carbonyl (C=O) groups excluding carboxylic acids is 3. The van der Waals surface area contributed by atoms with Crippen molar-refractivity contribution in [3.05, 3.63) is 101 Å². The van der Waals surface area contributed by atoms with Gasteiger partial charge in [0.05, 0.1) is 11.1 Å². The van der Waals surface area contributed by atoms with E-state index in [0.717, 1.165) is 17.7 Å². The summed E-state index contributed by atoms with van der Waals surface area (Å²) in [6.45, 7) is 0.213. The normalized spacial score (nSPS) is 15.9. The molecule has 1 heterocycles. The van der Waals surface area contributed by atoms with Gasteiger partial charge in [0.2, 0.25) is 11.8 Å². The van der Waals surface area contributed by atoms with Crippen LogP contribution in [0.5, 0.6) is 0 Å². The molecule has 0 radical (unpaired) electrons. The summed E-state index contributed by atoms with van der Waals surface area (Å²) < 4.78 is 53.1. The van der Waals surface area contributed by atoms with Crippen LogP contribution >= 0.6 is 0 Å². The first-order chi connectivity index (χ1) is 19.4. The summed E-state index contributed by atoms with van der Waals surface area (Å²) in [5.41, 5.74) is -0.775. The van der Waals surface area contributed by atoms with E-state index in [2.05, 4.69) is 10.6 Å². The SMILES string of the molecule is O=C(Nc1ccc(C[C@H](NC(=O)[C@@H]2CCC(=O)N2Cc2ccccc2)C(=O)O)cc1)c1ccc(F)cc1C(F)(F)F. The Kier molecular flexibility index (Phi) is 8.70. The third-order valence-corrected chi connectivity index (χ3v) is 6.62. The standard InChI is InChI=1S/C29H25F4N3O5/c30-19-8-11-21(22(15-19)29(31,32)33)26(38)34-20-9-6-17(7-10-20)14-23(28(40)41)35-27(39)24-12-13-25(37)36(24)16-18-4-2-1-3-5-18/h1-11,15,23-24H,12-14,16H2,(H,34,38)(H,35,39)(H,40,41)/t23-,24-/m0/s1. The van der Waals surface area contributed by atoms with Gasteiger partial charge >= 0.3 is 12.1 Å². The molecule has 1 saturated heterocycles. The lowest BCUT2D eigenvalue weighted by atomic mass is 10.0. The number of nitrogens with one attached hydrogen (secondary N) is 2. The third kappa shape index (κ3) is 7.27. The van der Waals surface area contributed by atoms with Crippen LogP contribution < -0.4 is 10.6 Å². The zero-order valence-electron chi connectivity index (χ0n) is 21.5. The highest BCUT2D eigenvalue weighted by Gasteiger charge is 2.38. The number of halogens is 4. The predicted molar refractivity (Wildman–Crippen MR) is 139 cm³/mol. The van der Waals surface area contributed by atoms with E-state index in [1.54, 1.807) is 0 Å². The Morgan fingerprint density at radius 1 is 0.976 bits per heavy atom. The smallest absolute Gasteiger partial charge is 0.417 e. The maximum absolute atomic E-state index is 13.3. The second-order valence-electron chi connectivity index (χ2n) is 9.50. The van der Waals surface area contributed by atoms with E-state index >= 15 is 0 Å². The number of hydrogen-bond acceptors (Lipinski definition) is 4. The van der Waals surface area contributed by atoms with Gasteiger partial charge in [0.25, 0.3) is 5.91 Å². The molecular formula is C29H25F4N3O5. The fourth-order valence-electron chi connectivity index (χ4n) is 4.56. The number of nitrogens with zero attached hydrogens (tertiary/aromatic N) is 1. The van der Waals surface area contributed by atoms with E-state index in [-0.39, 0.29) is 43.5 Å². The fourth-order valence-corrected chi connectivity index (χ4v) is 4.56. The Morgan fingerprint density at radius 3 is 2.29 bits per heavy atom. The summed E-state index contributed by atoms with van der Waals surface area (Å²) in [4.78, 5) is 51.2. The van der Waals surface area contributed by atoms with Crippen LogP contribution in [-0.2, 0) is 33.5 Å². The van der Waals surface area contributed by atoms with E-state index in [0.29, 0.717) is 5.56 Å². The lowest BCUT2D eigenvalue weighted by molar-refractivity contribution is -0.143. The molecule has 3 aromatic rings. The Labute approximate surface area is 232 Å². The van der Waals surface area contributed by atoms with Crippen LogP contribution in [0.2, 0.25) is 0 Å². The van der Waals surface area contributed by atoms with Crippen molar-refractivity contribution >= 4 is 29.4 Å². The lowest BCUT2D eigenvalue weighted by Gasteiger charge is -2.26. The molecule has 12 heteroatoms. The number of carboxylic acid groups (broad SMARTS) is 1. The Balaban J connectivity index is 1.40. The quantitative estimate of drug-likeness (QED) is 0.330. The Hall–Kier alpha value is -4.74. The van der Waals surface area contributed by atoms with Crippen LogP contribution in [0, 0.1) is 5.82 Å². The number of carboxylic acids is 1. The van der Waals surface area contributed by atoms with Crippen molar-refractivity contribution in [2.75, 3.05) is 5.32 Å². The van der Waals surface area contributed by atoms with Gasteiger partial charge in [-0.3, -0.25) is 14.4 Å². The molecule has 41 heavy (non-hydrogen) atoms.